The fourth-order valence-corrected chi connectivity index (χ4v) is 4.12. The number of amides is 1. The number of H-pyrrole nitrogens is 1. The lowest BCUT2D eigenvalue weighted by molar-refractivity contribution is 0.0741. The molecule has 3 aromatic rings. The fourth-order valence-electron chi connectivity index (χ4n) is 4.12. The summed E-state index contributed by atoms with van der Waals surface area (Å²) in [6, 6.07) is 8.12. The summed E-state index contributed by atoms with van der Waals surface area (Å²) in [7, 11) is 0. The molecule has 28 heavy (non-hydrogen) atoms. The van der Waals surface area contributed by atoms with E-state index in [0.29, 0.717) is 18.8 Å². The molecule has 8 nitrogen and oxygen atoms in total. The smallest absolute Gasteiger partial charge is 0.271 e. The number of nitrogens with one attached hydrogen (secondary N) is 1. The van der Waals surface area contributed by atoms with Gasteiger partial charge in [-0.3, -0.25) is 9.89 Å². The van der Waals surface area contributed by atoms with Gasteiger partial charge >= 0.3 is 0 Å². The second kappa shape index (κ2) is 7.10. The second-order valence-electron chi connectivity index (χ2n) is 7.34. The van der Waals surface area contributed by atoms with Crippen LogP contribution >= 0.6 is 0 Å². The van der Waals surface area contributed by atoms with Crippen molar-refractivity contribution in [2.75, 3.05) is 49.1 Å². The second-order valence-corrected chi connectivity index (χ2v) is 7.34. The molecule has 1 aromatic carbocycles. The summed E-state index contributed by atoms with van der Waals surface area (Å²) in [6.07, 6.45) is 5.71. The van der Waals surface area contributed by atoms with Gasteiger partial charge in [0.1, 0.15) is 17.8 Å². The minimum absolute atomic E-state index is 0.0142. The standard InChI is InChI=1S/C20H23N7O/c28-20(18-5-6-23-24-18)27-11-9-25(10-12-27)15-3-4-17-16(13-15)19(22-14-21-17)26-7-1-2-8-26/h3-6,13-14H,1-2,7-12H2,(H,23,24). The lowest BCUT2D eigenvalue weighted by atomic mass is 10.1. The van der Waals surface area contributed by atoms with Gasteiger partial charge in [0.25, 0.3) is 5.91 Å². The van der Waals surface area contributed by atoms with Crippen molar-refractivity contribution in [3.8, 4) is 0 Å². The number of hydrogen-bond donors (Lipinski definition) is 1. The van der Waals surface area contributed by atoms with E-state index in [1.54, 1.807) is 18.6 Å². The average molecular weight is 377 g/mol. The highest BCUT2D eigenvalue weighted by molar-refractivity contribution is 5.93. The van der Waals surface area contributed by atoms with E-state index in [2.05, 4.69) is 48.2 Å². The first-order chi connectivity index (χ1) is 13.8. The van der Waals surface area contributed by atoms with Gasteiger partial charge < -0.3 is 14.7 Å². The first-order valence-corrected chi connectivity index (χ1v) is 9.83. The van der Waals surface area contributed by atoms with Crippen LogP contribution in [0.3, 0.4) is 0 Å². The Balaban J connectivity index is 1.35. The Morgan fingerprint density at radius 1 is 0.929 bits per heavy atom. The van der Waals surface area contributed by atoms with Crippen molar-refractivity contribution in [3.05, 3.63) is 42.5 Å². The fraction of sp³-hybridized carbons (Fsp3) is 0.400. The Bertz CT molecular complexity index is 973. The van der Waals surface area contributed by atoms with E-state index in [9.17, 15) is 4.79 Å². The summed E-state index contributed by atoms with van der Waals surface area (Å²) in [5.41, 5.74) is 2.69. The molecule has 0 atom stereocenters. The van der Waals surface area contributed by atoms with Crippen LogP contribution < -0.4 is 9.80 Å². The van der Waals surface area contributed by atoms with Gasteiger partial charge in [-0.1, -0.05) is 0 Å². The maximum Gasteiger partial charge on any atom is 0.271 e. The Kier molecular flexibility index (Phi) is 4.31. The molecule has 0 unspecified atom stereocenters. The molecular formula is C20H23N7O. The third-order valence-corrected chi connectivity index (χ3v) is 5.67. The van der Waals surface area contributed by atoms with Crippen molar-refractivity contribution in [3.63, 3.8) is 0 Å². The largest absolute Gasteiger partial charge is 0.368 e. The summed E-state index contributed by atoms with van der Waals surface area (Å²) in [5.74, 6) is 1.05. The lowest BCUT2D eigenvalue weighted by Crippen LogP contribution is -2.48. The van der Waals surface area contributed by atoms with Crippen LogP contribution in [-0.4, -0.2) is 70.2 Å². The minimum atomic E-state index is 0.0142. The number of carbonyl (C=O) groups is 1. The third-order valence-electron chi connectivity index (χ3n) is 5.67. The Hall–Kier alpha value is -3.16. The number of piperazine rings is 1. The molecular weight excluding hydrogens is 354 g/mol. The van der Waals surface area contributed by atoms with E-state index in [1.165, 1.54) is 12.8 Å². The van der Waals surface area contributed by atoms with Gasteiger partial charge in [0.2, 0.25) is 0 Å². The molecule has 2 aromatic heterocycles. The first-order valence-electron chi connectivity index (χ1n) is 9.83. The number of anilines is 2. The number of aromatic amines is 1. The zero-order valence-electron chi connectivity index (χ0n) is 15.7. The van der Waals surface area contributed by atoms with E-state index < -0.39 is 0 Å². The molecule has 2 fully saturated rings. The number of fused-ring (bicyclic) bond motifs is 1. The predicted octanol–water partition coefficient (Wildman–Crippen LogP) is 1.92. The van der Waals surface area contributed by atoms with Crippen LogP contribution in [-0.2, 0) is 0 Å². The van der Waals surface area contributed by atoms with E-state index in [-0.39, 0.29) is 5.91 Å². The normalized spacial score (nSPS) is 17.5. The molecule has 0 bridgehead atoms. The van der Waals surface area contributed by atoms with Crippen LogP contribution in [0.2, 0.25) is 0 Å². The molecule has 8 heteroatoms. The number of nitrogens with zero attached hydrogens (tertiary/aromatic N) is 6. The van der Waals surface area contributed by atoms with Crippen molar-refractivity contribution in [1.29, 1.82) is 0 Å². The van der Waals surface area contributed by atoms with Gasteiger partial charge in [-0.15, -0.1) is 0 Å². The van der Waals surface area contributed by atoms with E-state index in [4.69, 9.17) is 0 Å². The van der Waals surface area contributed by atoms with Crippen molar-refractivity contribution < 1.29 is 4.79 Å². The van der Waals surface area contributed by atoms with Gasteiger partial charge in [0, 0.05) is 56.5 Å². The molecule has 2 saturated heterocycles. The van der Waals surface area contributed by atoms with Crippen LogP contribution in [0.4, 0.5) is 11.5 Å². The van der Waals surface area contributed by atoms with Gasteiger partial charge in [-0.05, 0) is 37.1 Å². The quantitative estimate of drug-likeness (QED) is 0.751. The summed E-state index contributed by atoms with van der Waals surface area (Å²) >= 11 is 0. The highest BCUT2D eigenvalue weighted by Crippen LogP contribution is 2.30. The van der Waals surface area contributed by atoms with Gasteiger partial charge in [0.15, 0.2) is 0 Å². The summed E-state index contributed by atoms with van der Waals surface area (Å²) in [6.45, 7) is 5.12. The third kappa shape index (κ3) is 3.04. The number of aromatic nitrogens is 4. The summed E-state index contributed by atoms with van der Waals surface area (Å²) < 4.78 is 0. The van der Waals surface area contributed by atoms with Crippen LogP contribution in [0.1, 0.15) is 23.3 Å². The summed E-state index contributed by atoms with van der Waals surface area (Å²) in [4.78, 5) is 28.1. The maximum absolute atomic E-state index is 12.5. The molecule has 2 aliphatic rings. The van der Waals surface area contributed by atoms with Crippen LogP contribution in [0.25, 0.3) is 10.9 Å². The van der Waals surface area contributed by atoms with Crippen molar-refractivity contribution in [1.82, 2.24) is 25.1 Å². The van der Waals surface area contributed by atoms with Crippen molar-refractivity contribution in [2.45, 2.75) is 12.8 Å². The predicted molar refractivity (Wildman–Crippen MR) is 108 cm³/mol. The lowest BCUT2D eigenvalue weighted by Gasteiger charge is -2.36. The molecule has 0 aliphatic carbocycles. The van der Waals surface area contributed by atoms with Crippen molar-refractivity contribution >= 4 is 28.3 Å². The van der Waals surface area contributed by atoms with Crippen molar-refractivity contribution in [2.24, 2.45) is 0 Å². The molecule has 1 amide bonds. The number of rotatable bonds is 3. The molecule has 4 heterocycles. The van der Waals surface area contributed by atoms with Gasteiger partial charge in [-0.2, -0.15) is 5.10 Å². The highest BCUT2D eigenvalue weighted by Gasteiger charge is 2.24. The first kappa shape index (κ1) is 17.0. The molecule has 2 aliphatic heterocycles. The average Bonchev–Trinajstić information content (AvgIpc) is 3.47. The molecule has 0 radical (unpaired) electrons. The van der Waals surface area contributed by atoms with E-state index >= 15 is 0 Å². The van der Waals surface area contributed by atoms with Crippen LogP contribution in [0.15, 0.2) is 36.8 Å². The highest BCUT2D eigenvalue weighted by atomic mass is 16.2. The Labute approximate surface area is 163 Å². The van der Waals surface area contributed by atoms with Gasteiger partial charge in [-0.25, -0.2) is 9.97 Å². The Morgan fingerprint density at radius 2 is 1.75 bits per heavy atom. The van der Waals surface area contributed by atoms with E-state index in [1.807, 2.05) is 4.90 Å². The summed E-state index contributed by atoms with van der Waals surface area (Å²) in [5, 5.41) is 7.74. The molecule has 144 valence electrons. The number of benzene rings is 1. The molecule has 0 spiro atoms. The zero-order valence-corrected chi connectivity index (χ0v) is 15.7. The molecule has 5 rings (SSSR count). The maximum atomic E-state index is 12.5. The van der Waals surface area contributed by atoms with E-state index in [0.717, 1.165) is 48.6 Å². The van der Waals surface area contributed by atoms with Crippen LogP contribution in [0, 0.1) is 0 Å². The monoisotopic (exact) mass is 377 g/mol. The van der Waals surface area contributed by atoms with Gasteiger partial charge in [0.05, 0.1) is 5.52 Å². The number of carbonyl (C=O) groups excluding carboxylic acids is 1. The minimum Gasteiger partial charge on any atom is -0.368 e. The topological polar surface area (TPSA) is 81.2 Å². The molecule has 1 N–H and O–H groups in total. The zero-order chi connectivity index (χ0) is 18.9. The SMILES string of the molecule is O=C(c1ccn[nH]1)N1CCN(c2ccc3ncnc(N4CCCC4)c3c2)CC1. The van der Waals surface area contributed by atoms with Crippen LogP contribution in [0.5, 0.6) is 0 Å². The number of hydrogen-bond acceptors (Lipinski definition) is 6. The Morgan fingerprint density at radius 3 is 2.50 bits per heavy atom. The molecule has 0 saturated carbocycles.